The Morgan fingerprint density at radius 3 is 2.78 bits per heavy atom. The molecule has 0 saturated heterocycles. The van der Waals surface area contributed by atoms with Gasteiger partial charge in [-0.15, -0.1) is 0 Å². The Balaban J connectivity index is 1.49. The summed E-state index contributed by atoms with van der Waals surface area (Å²) in [6, 6.07) is 3.63. The third kappa shape index (κ3) is 3.69. The van der Waals surface area contributed by atoms with E-state index in [1.165, 1.54) is 28.4 Å². The summed E-state index contributed by atoms with van der Waals surface area (Å²) in [6.45, 7) is 3.99. The quantitative estimate of drug-likeness (QED) is 0.472. The Kier molecular flexibility index (Phi) is 5.46. The van der Waals surface area contributed by atoms with E-state index < -0.39 is 0 Å². The van der Waals surface area contributed by atoms with Gasteiger partial charge >= 0.3 is 5.97 Å². The van der Waals surface area contributed by atoms with Crippen LogP contribution in [0.3, 0.4) is 0 Å². The third-order valence-corrected chi connectivity index (χ3v) is 7.73. The van der Waals surface area contributed by atoms with Crippen LogP contribution in [0.1, 0.15) is 46.3 Å². The number of esters is 1. The summed E-state index contributed by atoms with van der Waals surface area (Å²) in [5.41, 5.74) is 3.76. The van der Waals surface area contributed by atoms with E-state index in [-0.39, 0.29) is 17.8 Å². The molecule has 0 unspecified atom stereocenters. The number of hydrogen-bond donors (Lipinski definition) is 0. The van der Waals surface area contributed by atoms with E-state index in [4.69, 9.17) is 9.47 Å². The lowest BCUT2D eigenvalue weighted by atomic mass is 9.93. The average Bonchev–Trinajstić information content (AvgIpc) is 3.41. The van der Waals surface area contributed by atoms with Crippen molar-refractivity contribution in [2.24, 2.45) is 5.92 Å². The molecule has 3 heterocycles. The molecule has 9 heteroatoms. The van der Waals surface area contributed by atoms with Crippen molar-refractivity contribution in [3.8, 4) is 21.3 Å². The molecule has 1 fully saturated rings. The van der Waals surface area contributed by atoms with Gasteiger partial charge in [0.05, 0.1) is 22.7 Å². The minimum absolute atomic E-state index is 0.106. The molecule has 3 aromatic heterocycles. The van der Waals surface area contributed by atoms with Gasteiger partial charge in [0.25, 0.3) is 0 Å². The standard InChI is InChI=1S/C23H23N3O4S2/c1-4-29-22(28)20-15-8-7-14-11-24-32-19(14)18(15)23(31-20)30-16-9-10-17(25-12(16)2)26(3)21(27)13-5-6-13/h9-11,13H,4-8H2,1-3H3. The molecular weight excluding hydrogens is 446 g/mol. The number of ether oxygens (including phenoxy) is 2. The normalized spacial score (nSPS) is 14.5. The van der Waals surface area contributed by atoms with Crippen molar-refractivity contribution in [1.82, 2.24) is 9.36 Å². The number of pyridine rings is 1. The Morgan fingerprint density at radius 2 is 2.06 bits per heavy atom. The van der Waals surface area contributed by atoms with Gasteiger partial charge in [-0.1, -0.05) is 11.3 Å². The van der Waals surface area contributed by atoms with Crippen LogP contribution in [0.15, 0.2) is 18.3 Å². The van der Waals surface area contributed by atoms with Crippen molar-refractivity contribution in [2.75, 3.05) is 18.6 Å². The molecule has 0 radical (unpaired) electrons. The molecule has 7 nitrogen and oxygen atoms in total. The fourth-order valence-electron chi connectivity index (χ4n) is 3.89. The number of rotatable bonds is 6. The van der Waals surface area contributed by atoms with Crippen LogP contribution in [0.5, 0.6) is 10.8 Å². The second kappa shape index (κ2) is 8.29. The van der Waals surface area contributed by atoms with Gasteiger partial charge in [0.2, 0.25) is 5.91 Å². The number of carbonyl (C=O) groups is 2. The summed E-state index contributed by atoms with van der Waals surface area (Å²) in [4.78, 5) is 32.8. The van der Waals surface area contributed by atoms with Crippen LogP contribution >= 0.6 is 22.9 Å². The highest BCUT2D eigenvalue weighted by atomic mass is 32.1. The number of carbonyl (C=O) groups excluding carboxylic acids is 2. The first-order chi connectivity index (χ1) is 15.5. The topological polar surface area (TPSA) is 81.6 Å². The fraction of sp³-hybridized carbons (Fsp3) is 0.391. The average molecular weight is 470 g/mol. The Labute approximate surface area is 194 Å². The van der Waals surface area contributed by atoms with Crippen molar-refractivity contribution in [3.05, 3.63) is 40.0 Å². The summed E-state index contributed by atoms with van der Waals surface area (Å²) < 4.78 is 16.0. The predicted molar refractivity (Wildman–Crippen MR) is 124 cm³/mol. The molecule has 2 aliphatic rings. The van der Waals surface area contributed by atoms with E-state index in [1.807, 2.05) is 19.2 Å². The molecule has 0 aromatic carbocycles. The maximum Gasteiger partial charge on any atom is 0.348 e. The Morgan fingerprint density at radius 1 is 1.25 bits per heavy atom. The van der Waals surface area contributed by atoms with Crippen LogP contribution < -0.4 is 9.64 Å². The van der Waals surface area contributed by atoms with Gasteiger partial charge in [0.1, 0.15) is 16.4 Å². The number of hydrogen-bond acceptors (Lipinski definition) is 8. The first kappa shape index (κ1) is 21.1. The van der Waals surface area contributed by atoms with E-state index >= 15 is 0 Å². The molecule has 0 N–H and O–H groups in total. The van der Waals surface area contributed by atoms with Crippen molar-refractivity contribution in [3.63, 3.8) is 0 Å². The van der Waals surface area contributed by atoms with Crippen LogP contribution in [-0.2, 0) is 22.4 Å². The minimum atomic E-state index is -0.318. The van der Waals surface area contributed by atoms with Crippen molar-refractivity contribution < 1.29 is 19.1 Å². The molecule has 5 rings (SSSR count). The Hall–Kier alpha value is -2.78. The summed E-state index contributed by atoms with van der Waals surface area (Å²) >= 11 is 2.73. The molecule has 3 aromatic rings. The van der Waals surface area contributed by atoms with Crippen LogP contribution in [0, 0.1) is 12.8 Å². The van der Waals surface area contributed by atoms with Crippen LogP contribution in [0.2, 0.25) is 0 Å². The van der Waals surface area contributed by atoms with E-state index in [1.54, 1.807) is 24.9 Å². The maximum absolute atomic E-state index is 12.6. The summed E-state index contributed by atoms with van der Waals surface area (Å²) in [7, 11) is 1.76. The lowest BCUT2D eigenvalue weighted by Gasteiger charge is -2.18. The smallest absolute Gasteiger partial charge is 0.348 e. The number of thiophene rings is 1. The molecule has 0 bridgehead atoms. The van der Waals surface area contributed by atoms with Gasteiger partial charge < -0.3 is 9.47 Å². The second-order valence-corrected chi connectivity index (χ2v) is 9.78. The first-order valence-electron chi connectivity index (χ1n) is 10.7. The summed E-state index contributed by atoms with van der Waals surface area (Å²) in [5, 5.41) is 0.647. The maximum atomic E-state index is 12.6. The molecule has 0 aliphatic heterocycles. The van der Waals surface area contributed by atoms with Crippen molar-refractivity contribution in [1.29, 1.82) is 0 Å². The lowest BCUT2D eigenvalue weighted by Crippen LogP contribution is -2.28. The number of anilines is 1. The molecular formula is C23H23N3O4S2. The van der Waals surface area contributed by atoms with Gasteiger partial charge in [0, 0.05) is 19.2 Å². The summed E-state index contributed by atoms with van der Waals surface area (Å²) in [5.74, 6) is 1.12. The van der Waals surface area contributed by atoms with Crippen LogP contribution in [0.4, 0.5) is 5.82 Å². The number of nitrogens with zero attached hydrogens (tertiary/aromatic N) is 3. The molecule has 1 saturated carbocycles. The number of aromatic nitrogens is 2. The number of fused-ring (bicyclic) bond motifs is 3. The predicted octanol–water partition coefficient (Wildman–Crippen LogP) is 5.02. The van der Waals surface area contributed by atoms with Gasteiger partial charge in [-0.25, -0.2) is 14.2 Å². The second-order valence-electron chi connectivity index (χ2n) is 8.00. The zero-order valence-corrected chi connectivity index (χ0v) is 19.8. The zero-order chi connectivity index (χ0) is 22.4. The minimum Gasteiger partial charge on any atom is -0.462 e. The highest BCUT2D eigenvalue weighted by Crippen LogP contribution is 2.50. The highest BCUT2D eigenvalue weighted by Gasteiger charge is 2.34. The fourth-order valence-corrected chi connectivity index (χ4v) is 5.94. The monoisotopic (exact) mass is 469 g/mol. The molecule has 0 atom stereocenters. The van der Waals surface area contributed by atoms with Gasteiger partial charge in [-0.05, 0) is 74.3 Å². The number of amides is 1. The molecule has 166 valence electrons. The molecule has 1 amide bonds. The SMILES string of the molecule is CCOC(=O)c1sc(Oc2ccc(N(C)C(=O)C3CC3)nc2C)c2c1CCc1cnsc1-2. The van der Waals surface area contributed by atoms with Crippen molar-refractivity contribution in [2.45, 2.75) is 39.5 Å². The van der Waals surface area contributed by atoms with E-state index in [2.05, 4.69) is 9.36 Å². The molecule has 2 aliphatic carbocycles. The third-order valence-electron chi connectivity index (χ3n) is 5.78. The van der Waals surface area contributed by atoms with E-state index in [0.717, 1.165) is 41.7 Å². The van der Waals surface area contributed by atoms with Crippen molar-refractivity contribution >= 4 is 40.6 Å². The summed E-state index contributed by atoms with van der Waals surface area (Å²) in [6.07, 6.45) is 5.39. The largest absolute Gasteiger partial charge is 0.462 e. The van der Waals surface area contributed by atoms with Crippen LogP contribution in [0.25, 0.3) is 10.4 Å². The van der Waals surface area contributed by atoms with E-state index in [9.17, 15) is 9.59 Å². The molecule has 32 heavy (non-hydrogen) atoms. The first-order valence-corrected chi connectivity index (χ1v) is 12.3. The van der Waals surface area contributed by atoms with Crippen LogP contribution in [-0.4, -0.2) is 34.9 Å². The van der Waals surface area contributed by atoms with Gasteiger partial charge in [-0.2, -0.15) is 0 Å². The number of aryl methyl sites for hydroxylation is 2. The molecule has 0 spiro atoms. The zero-order valence-electron chi connectivity index (χ0n) is 18.1. The van der Waals surface area contributed by atoms with Gasteiger partial charge in [0.15, 0.2) is 5.06 Å². The highest BCUT2D eigenvalue weighted by molar-refractivity contribution is 7.17. The van der Waals surface area contributed by atoms with Gasteiger partial charge in [-0.3, -0.25) is 9.69 Å². The lowest BCUT2D eigenvalue weighted by molar-refractivity contribution is -0.119. The Bertz CT molecular complexity index is 1210. The van der Waals surface area contributed by atoms with E-state index in [0.29, 0.717) is 33.8 Å².